The zero-order valence-corrected chi connectivity index (χ0v) is 11.0. The highest BCUT2D eigenvalue weighted by atomic mass is 32.1. The zero-order chi connectivity index (χ0) is 13.0. The van der Waals surface area contributed by atoms with Crippen molar-refractivity contribution in [2.24, 2.45) is 5.73 Å². The van der Waals surface area contributed by atoms with Gasteiger partial charge >= 0.3 is 0 Å². The Balaban J connectivity index is 2.05. The molecule has 0 aliphatic rings. The lowest BCUT2D eigenvalue weighted by Gasteiger charge is -2.20. The minimum absolute atomic E-state index is 0.129. The average Bonchev–Trinajstić information content (AvgIpc) is 2.85. The van der Waals surface area contributed by atoms with Crippen molar-refractivity contribution in [3.63, 3.8) is 0 Å². The molecule has 0 amide bonds. The van der Waals surface area contributed by atoms with Crippen LogP contribution in [0.1, 0.15) is 23.5 Å². The quantitative estimate of drug-likeness (QED) is 0.898. The summed E-state index contributed by atoms with van der Waals surface area (Å²) in [5, 5.41) is 1.98. The van der Waals surface area contributed by atoms with E-state index in [4.69, 9.17) is 10.5 Å². The standard InChI is InChI=1S/C14H16FNOS/c1-10(16)14(13-7-4-8-18-13)17-9-11-5-2-3-6-12(11)15/h2-8,10,14H,9,16H2,1H3. The molecule has 0 aliphatic heterocycles. The van der Waals surface area contributed by atoms with E-state index >= 15 is 0 Å². The SMILES string of the molecule is CC(N)C(OCc1ccccc1F)c1cccs1. The Morgan fingerprint density at radius 1 is 1.28 bits per heavy atom. The van der Waals surface area contributed by atoms with Crippen molar-refractivity contribution in [1.29, 1.82) is 0 Å². The molecule has 18 heavy (non-hydrogen) atoms. The van der Waals surface area contributed by atoms with Gasteiger partial charge in [0.1, 0.15) is 11.9 Å². The highest BCUT2D eigenvalue weighted by Crippen LogP contribution is 2.26. The first kappa shape index (κ1) is 13.2. The van der Waals surface area contributed by atoms with Gasteiger partial charge < -0.3 is 10.5 Å². The number of benzene rings is 1. The summed E-state index contributed by atoms with van der Waals surface area (Å²) in [4.78, 5) is 1.07. The number of hydrogen-bond acceptors (Lipinski definition) is 3. The maximum absolute atomic E-state index is 13.5. The van der Waals surface area contributed by atoms with Crippen LogP contribution in [0.5, 0.6) is 0 Å². The molecule has 1 aromatic carbocycles. The van der Waals surface area contributed by atoms with Crippen molar-refractivity contribution >= 4 is 11.3 Å². The van der Waals surface area contributed by atoms with Gasteiger partial charge in [0, 0.05) is 16.5 Å². The third kappa shape index (κ3) is 3.16. The van der Waals surface area contributed by atoms with Gasteiger partial charge in [0.2, 0.25) is 0 Å². The van der Waals surface area contributed by atoms with Crippen LogP contribution in [0.25, 0.3) is 0 Å². The largest absolute Gasteiger partial charge is 0.366 e. The Hall–Kier alpha value is -1.23. The highest BCUT2D eigenvalue weighted by molar-refractivity contribution is 7.10. The van der Waals surface area contributed by atoms with Gasteiger partial charge in [0.25, 0.3) is 0 Å². The minimum atomic E-state index is -0.243. The number of rotatable bonds is 5. The Labute approximate surface area is 110 Å². The van der Waals surface area contributed by atoms with Crippen LogP contribution >= 0.6 is 11.3 Å². The van der Waals surface area contributed by atoms with Crippen molar-refractivity contribution < 1.29 is 9.13 Å². The third-order valence-electron chi connectivity index (χ3n) is 2.68. The molecule has 0 bridgehead atoms. The smallest absolute Gasteiger partial charge is 0.128 e. The topological polar surface area (TPSA) is 35.2 Å². The first-order valence-electron chi connectivity index (χ1n) is 5.82. The second kappa shape index (κ2) is 6.09. The van der Waals surface area contributed by atoms with E-state index in [1.807, 2.05) is 24.4 Å². The minimum Gasteiger partial charge on any atom is -0.366 e. The molecule has 4 heteroatoms. The lowest BCUT2D eigenvalue weighted by atomic mass is 10.1. The van der Waals surface area contributed by atoms with Gasteiger partial charge in [-0.15, -0.1) is 11.3 Å². The predicted octanol–water partition coefficient (Wildman–Crippen LogP) is 3.49. The Kier molecular flexibility index (Phi) is 4.47. The molecule has 2 atom stereocenters. The van der Waals surface area contributed by atoms with Gasteiger partial charge in [-0.25, -0.2) is 4.39 Å². The normalized spacial score (nSPS) is 14.4. The Bertz CT molecular complexity index is 484. The summed E-state index contributed by atoms with van der Waals surface area (Å²) in [6.07, 6.45) is -0.190. The molecule has 2 N–H and O–H groups in total. The van der Waals surface area contributed by atoms with Gasteiger partial charge in [-0.1, -0.05) is 24.3 Å². The molecule has 2 nitrogen and oxygen atoms in total. The van der Waals surface area contributed by atoms with Crippen LogP contribution in [0, 0.1) is 5.82 Å². The van der Waals surface area contributed by atoms with Crippen molar-refractivity contribution in [1.82, 2.24) is 0 Å². The molecule has 0 fully saturated rings. The summed E-state index contributed by atoms with van der Waals surface area (Å²) in [6.45, 7) is 2.13. The first-order valence-corrected chi connectivity index (χ1v) is 6.70. The first-order chi connectivity index (χ1) is 8.68. The van der Waals surface area contributed by atoms with Gasteiger partial charge in [-0.2, -0.15) is 0 Å². The zero-order valence-electron chi connectivity index (χ0n) is 10.2. The third-order valence-corrected chi connectivity index (χ3v) is 3.61. The number of hydrogen-bond donors (Lipinski definition) is 1. The molecule has 2 unspecified atom stereocenters. The second-order valence-corrected chi connectivity index (χ2v) is 5.18. The summed E-state index contributed by atoms with van der Waals surface area (Å²) < 4.78 is 19.2. The van der Waals surface area contributed by atoms with E-state index in [9.17, 15) is 4.39 Å². The molecule has 0 saturated heterocycles. The number of thiophene rings is 1. The molecule has 0 saturated carbocycles. The molecule has 1 aromatic heterocycles. The fraction of sp³-hybridized carbons (Fsp3) is 0.286. The second-order valence-electron chi connectivity index (χ2n) is 4.20. The van der Waals surface area contributed by atoms with Crippen molar-refractivity contribution in [2.45, 2.75) is 25.7 Å². The molecule has 0 aliphatic carbocycles. The molecule has 96 valence electrons. The summed E-state index contributed by atoms with van der Waals surface area (Å²) in [6, 6.07) is 10.4. The maximum Gasteiger partial charge on any atom is 0.128 e. The van der Waals surface area contributed by atoms with E-state index in [-0.39, 0.29) is 24.6 Å². The molecule has 2 rings (SSSR count). The molecular weight excluding hydrogens is 249 g/mol. The van der Waals surface area contributed by atoms with Gasteiger partial charge in [-0.05, 0) is 24.4 Å². The van der Waals surface area contributed by atoms with E-state index in [2.05, 4.69) is 0 Å². The number of nitrogens with two attached hydrogens (primary N) is 1. The number of halogens is 1. The molecule has 0 spiro atoms. The summed E-state index contributed by atoms with van der Waals surface area (Å²) in [5.74, 6) is -0.243. The fourth-order valence-corrected chi connectivity index (χ4v) is 2.63. The van der Waals surface area contributed by atoms with Crippen LogP contribution in [-0.4, -0.2) is 6.04 Å². The Morgan fingerprint density at radius 2 is 2.06 bits per heavy atom. The van der Waals surface area contributed by atoms with E-state index in [0.29, 0.717) is 5.56 Å². The van der Waals surface area contributed by atoms with Crippen LogP contribution in [0.15, 0.2) is 41.8 Å². The van der Waals surface area contributed by atoms with Crippen molar-refractivity contribution in [3.8, 4) is 0 Å². The van der Waals surface area contributed by atoms with Gasteiger partial charge in [0.15, 0.2) is 0 Å². The van der Waals surface area contributed by atoms with Crippen LogP contribution in [0.3, 0.4) is 0 Å². The fourth-order valence-electron chi connectivity index (χ4n) is 1.74. The van der Waals surface area contributed by atoms with E-state index in [1.165, 1.54) is 6.07 Å². The van der Waals surface area contributed by atoms with Crippen molar-refractivity contribution in [3.05, 3.63) is 58.0 Å². The van der Waals surface area contributed by atoms with Gasteiger partial charge in [-0.3, -0.25) is 0 Å². The van der Waals surface area contributed by atoms with Crippen LogP contribution in [-0.2, 0) is 11.3 Å². The maximum atomic E-state index is 13.5. The summed E-state index contributed by atoms with van der Waals surface area (Å²) in [5.41, 5.74) is 6.47. The van der Waals surface area contributed by atoms with E-state index in [0.717, 1.165) is 4.88 Å². The average molecular weight is 265 g/mol. The van der Waals surface area contributed by atoms with Gasteiger partial charge in [0.05, 0.1) is 6.61 Å². The summed E-state index contributed by atoms with van der Waals surface area (Å²) in [7, 11) is 0. The molecule has 0 radical (unpaired) electrons. The molecular formula is C14H16FNOS. The summed E-state index contributed by atoms with van der Waals surface area (Å²) >= 11 is 1.60. The monoisotopic (exact) mass is 265 g/mol. The van der Waals surface area contributed by atoms with Crippen LogP contribution in [0.4, 0.5) is 4.39 Å². The van der Waals surface area contributed by atoms with Crippen LogP contribution < -0.4 is 5.73 Å². The highest BCUT2D eigenvalue weighted by Gasteiger charge is 2.18. The van der Waals surface area contributed by atoms with E-state index < -0.39 is 0 Å². The molecule has 1 heterocycles. The molecule has 2 aromatic rings. The lowest BCUT2D eigenvalue weighted by molar-refractivity contribution is 0.0268. The predicted molar refractivity (Wildman–Crippen MR) is 71.9 cm³/mol. The number of ether oxygens (including phenoxy) is 1. The van der Waals surface area contributed by atoms with Crippen molar-refractivity contribution in [2.75, 3.05) is 0 Å². The lowest BCUT2D eigenvalue weighted by Crippen LogP contribution is -2.26. The van der Waals surface area contributed by atoms with E-state index in [1.54, 1.807) is 29.5 Å². The Morgan fingerprint density at radius 3 is 2.67 bits per heavy atom. The van der Waals surface area contributed by atoms with Crippen LogP contribution in [0.2, 0.25) is 0 Å².